The van der Waals surface area contributed by atoms with Crippen molar-refractivity contribution in [1.29, 1.82) is 5.26 Å². The van der Waals surface area contributed by atoms with Crippen molar-refractivity contribution in [1.82, 2.24) is 4.98 Å². The summed E-state index contributed by atoms with van der Waals surface area (Å²) >= 11 is 6.68. The van der Waals surface area contributed by atoms with Gasteiger partial charge in [-0.1, -0.05) is 15.9 Å². The summed E-state index contributed by atoms with van der Waals surface area (Å²) < 4.78 is 1.77. The van der Waals surface area contributed by atoms with Crippen molar-refractivity contribution in [3.63, 3.8) is 0 Å². The highest BCUT2D eigenvalue weighted by Gasteiger charge is 2.03. The van der Waals surface area contributed by atoms with Gasteiger partial charge in [0, 0.05) is 15.1 Å². The lowest BCUT2D eigenvalue weighted by molar-refractivity contribution is 1.30. The molecule has 1 aromatic carbocycles. The average Bonchev–Trinajstić information content (AvgIpc) is 2.31. The first kappa shape index (κ1) is 12.1. The van der Waals surface area contributed by atoms with Crippen molar-refractivity contribution >= 4 is 43.2 Å². The monoisotopic (exact) mass is 351 g/mol. The summed E-state index contributed by atoms with van der Waals surface area (Å²) in [5.74, 6) is 0. The molecule has 1 heterocycles. The number of anilines is 2. The average molecular weight is 353 g/mol. The minimum Gasteiger partial charge on any atom is -0.353 e. The van der Waals surface area contributed by atoms with Gasteiger partial charge in [0.15, 0.2) is 0 Å². The second kappa shape index (κ2) is 5.30. The van der Waals surface area contributed by atoms with Crippen LogP contribution in [0.5, 0.6) is 0 Å². The second-order valence-corrected chi connectivity index (χ2v) is 5.15. The fraction of sp³-hybridized carbons (Fsp3) is 0. The van der Waals surface area contributed by atoms with Crippen LogP contribution in [0.4, 0.5) is 11.4 Å². The quantitative estimate of drug-likeness (QED) is 0.880. The van der Waals surface area contributed by atoms with Crippen LogP contribution in [0, 0.1) is 11.3 Å². The van der Waals surface area contributed by atoms with Gasteiger partial charge in [0.05, 0.1) is 23.1 Å². The smallest absolute Gasteiger partial charge is 0.101 e. The van der Waals surface area contributed by atoms with E-state index in [9.17, 15) is 0 Å². The third-order valence-corrected chi connectivity index (χ3v) is 3.01. The van der Waals surface area contributed by atoms with Crippen LogP contribution in [0.25, 0.3) is 0 Å². The molecule has 3 nitrogen and oxygen atoms in total. The molecule has 0 saturated heterocycles. The summed E-state index contributed by atoms with van der Waals surface area (Å²) in [5, 5.41) is 12.2. The summed E-state index contributed by atoms with van der Waals surface area (Å²) in [7, 11) is 0. The van der Waals surface area contributed by atoms with Crippen molar-refractivity contribution in [2.24, 2.45) is 0 Å². The third kappa shape index (κ3) is 3.05. The van der Waals surface area contributed by atoms with Crippen molar-refractivity contribution in [2.75, 3.05) is 5.32 Å². The van der Waals surface area contributed by atoms with E-state index in [-0.39, 0.29) is 0 Å². The zero-order valence-electron chi connectivity index (χ0n) is 8.61. The molecule has 0 spiro atoms. The molecule has 17 heavy (non-hydrogen) atoms. The third-order valence-electron chi connectivity index (χ3n) is 2.09. The molecule has 0 aliphatic rings. The summed E-state index contributed by atoms with van der Waals surface area (Å²) in [6, 6.07) is 9.55. The standard InChI is InChI=1S/C12H7Br2N3/c13-9-1-2-12(8(3-9)5-15)17-11-4-10(14)6-16-7-11/h1-4,6-7,17H. The molecule has 0 atom stereocenters. The molecule has 5 heteroatoms. The first-order valence-corrected chi connectivity index (χ1v) is 6.35. The van der Waals surface area contributed by atoms with Gasteiger partial charge in [-0.3, -0.25) is 4.98 Å². The van der Waals surface area contributed by atoms with Gasteiger partial charge in [-0.05, 0) is 40.2 Å². The number of benzene rings is 1. The Bertz CT molecular complexity index is 591. The van der Waals surface area contributed by atoms with E-state index in [1.807, 2.05) is 18.2 Å². The van der Waals surface area contributed by atoms with Crippen LogP contribution in [0.1, 0.15) is 5.56 Å². The van der Waals surface area contributed by atoms with E-state index >= 15 is 0 Å². The molecular weight excluding hydrogens is 346 g/mol. The Labute approximate surface area is 116 Å². The number of nitriles is 1. The molecule has 2 aromatic rings. The van der Waals surface area contributed by atoms with Crippen LogP contribution in [0.3, 0.4) is 0 Å². The number of nitrogens with one attached hydrogen (secondary N) is 1. The maximum Gasteiger partial charge on any atom is 0.101 e. The van der Waals surface area contributed by atoms with Crippen LogP contribution < -0.4 is 5.32 Å². The van der Waals surface area contributed by atoms with E-state index in [4.69, 9.17) is 5.26 Å². The predicted octanol–water partition coefficient (Wildman–Crippen LogP) is 4.22. The number of pyridine rings is 1. The Kier molecular flexibility index (Phi) is 3.77. The van der Waals surface area contributed by atoms with E-state index in [0.717, 1.165) is 20.3 Å². The van der Waals surface area contributed by atoms with Crippen LogP contribution in [-0.2, 0) is 0 Å². The zero-order chi connectivity index (χ0) is 12.3. The molecule has 0 aliphatic carbocycles. The highest BCUT2D eigenvalue weighted by Crippen LogP contribution is 2.24. The molecular formula is C12H7Br2N3. The lowest BCUT2D eigenvalue weighted by Gasteiger charge is -2.08. The molecule has 2 rings (SSSR count). The van der Waals surface area contributed by atoms with Gasteiger partial charge in [-0.25, -0.2) is 0 Å². The number of aromatic nitrogens is 1. The highest BCUT2D eigenvalue weighted by molar-refractivity contribution is 9.10. The number of rotatable bonds is 2. The summed E-state index contributed by atoms with van der Waals surface area (Å²) in [4.78, 5) is 4.05. The fourth-order valence-electron chi connectivity index (χ4n) is 1.35. The fourth-order valence-corrected chi connectivity index (χ4v) is 2.08. The van der Waals surface area contributed by atoms with Gasteiger partial charge in [0.1, 0.15) is 6.07 Å². The largest absolute Gasteiger partial charge is 0.353 e. The number of hydrogen-bond acceptors (Lipinski definition) is 3. The first-order chi connectivity index (χ1) is 8.19. The highest BCUT2D eigenvalue weighted by atomic mass is 79.9. The number of halogens is 2. The van der Waals surface area contributed by atoms with E-state index in [1.54, 1.807) is 18.5 Å². The Hall–Kier alpha value is -1.38. The zero-order valence-corrected chi connectivity index (χ0v) is 11.8. The predicted molar refractivity (Wildman–Crippen MR) is 74.1 cm³/mol. The Balaban J connectivity index is 2.34. The normalized spacial score (nSPS) is 9.71. The van der Waals surface area contributed by atoms with Gasteiger partial charge in [0.25, 0.3) is 0 Å². The second-order valence-electron chi connectivity index (χ2n) is 3.32. The van der Waals surface area contributed by atoms with Crippen molar-refractivity contribution in [3.8, 4) is 6.07 Å². The van der Waals surface area contributed by atoms with Crippen molar-refractivity contribution < 1.29 is 0 Å². The maximum absolute atomic E-state index is 9.04. The molecule has 0 aliphatic heterocycles. The van der Waals surface area contributed by atoms with Crippen LogP contribution in [0.2, 0.25) is 0 Å². The van der Waals surface area contributed by atoms with Gasteiger partial charge in [-0.2, -0.15) is 5.26 Å². The summed E-state index contributed by atoms with van der Waals surface area (Å²) in [6.07, 6.45) is 3.41. The number of nitrogens with zero attached hydrogens (tertiary/aromatic N) is 2. The van der Waals surface area contributed by atoms with E-state index in [2.05, 4.69) is 48.2 Å². The van der Waals surface area contributed by atoms with E-state index in [1.165, 1.54) is 0 Å². The Morgan fingerprint density at radius 3 is 2.65 bits per heavy atom. The SMILES string of the molecule is N#Cc1cc(Br)ccc1Nc1cncc(Br)c1. The molecule has 0 amide bonds. The first-order valence-electron chi connectivity index (χ1n) is 4.76. The Morgan fingerprint density at radius 1 is 1.12 bits per heavy atom. The van der Waals surface area contributed by atoms with Crippen LogP contribution in [0.15, 0.2) is 45.6 Å². The topological polar surface area (TPSA) is 48.7 Å². The van der Waals surface area contributed by atoms with Gasteiger partial charge >= 0.3 is 0 Å². The molecule has 1 N–H and O–H groups in total. The minimum atomic E-state index is 0.583. The van der Waals surface area contributed by atoms with Crippen molar-refractivity contribution in [2.45, 2.75) is 0 Å². The van der Waals surface area contributed by atoms with E-state index < -0.39 is 0 Å². The van der Waals surface area contributed by atoms with Gasteiger partial charge < -0.3 is 5.32 Å². The molecule has 0 bridgehead atoms. The lowest BCUT2D eigenvalue weighted by Crippen LogP contribution is -1.94. The lowest BCUT2D eigenvalue weighted by atomic mass is 10.2. The molecule has 0 unspecified atom stereocenters. The Morgan fingerprint density at radius 2 is 1.94 bits per heavy atom. The molecule has 1 aromatic heterocycles. The molecule has 0 radical (unpaired) electrons. The van der Waals surface area contributed by atoms with Crippen LogP contribution >= 0.6 is 31.9 Å². The van der Waals surface area contributed by atoms with E-state index in [0.29, 0.717) is 5.56 Å². The van der Waals surface area contributed by atoms with Gasteiger partial charge in [-0.15, -0.1) is 0 Å². The number of hydrogen-bond donors (Lipinski definition) is 1. The summed E-state index contributed by atoms with van der Waals surface area (Å²) in [6.45, 7) is 0. The minimum absolute atomic E-state index is 0.583. The van der Waals surface area contributed by atoms with Crippen LogP contribution in [-0.4, -0.2) is 4.98 Å². The van der Waals surface area contributed by atoms with Crippen molar-refractivity contribution in [3.05, 3.63) is 51.2 Å². The molecule has 0 fully saturated rings. The summed E-state index contributed by atoms with van der Waals surface area (Å²) in [5.41, 5.74) is 2.17. The van der Waals surface area contributed by atoms with Gasteiger partial charge in [0.2, 0.25) is 0 Å². The molecule has 0 saturated carbocycles. The maximum atomic E-state index is 9.04. The molecule has 84 valence electrons.